The second-order valence-corrected chi connectivity index (χ2v) is 5.76. The van der Waals surface area contributed by atoms with Crippen LogP contribution in [-0.4, -0.2) is 17.6 Å². The summed E-state index contributed by atoms with van der Waals surface area (Å²) in [6, 6.07) is 2.36. The largest absolute Gasteiger partial charge is 0.477 e. The second-order valence-electron chi connectivity index (χ2n) is 5.35. The maximum absolute atomic E-state index is 6.13. The zero-order valence-corrected chi connectivity index (χ0v) is 13.1. The van der Waals surface area contributed by atoms with Gasteiger partial charge in [0.25, 0.3) is 0 Å². The van der Waals surface area contributed by atoms with E-state index in [0.29, 0.717) is 29.5 Å². The highest BCUT2D eigenvalue weighted by atomic mass is 35.5. The molecule has 0 fully saturated rings. The number of pyridine rings is 1. The van der Waals surface area contributed by atoms with E-state index in [1.807, 2.05) is 6.07 Å². The molecule has 0 amide bonds. The fourth-order valence-electron chi connectivity index (χ4n) is 1.79. The van der Waals surface area contributed by atoms with Crippen LogP contribution in [0.4, 0.5) is 0 Å². The molecular formula is C15H25ClN2O. The van der Waals surface area contributed by atoms with Gasteiger partial charge in [0.15, 0.2) is 0 Å². The van der Waals surface area contributed by atoms with Crippen LogP contribution >= 0.6 is 11.6 Å². The number of nitrogens with zero attached hydrogens (tertiary/aromatic N) is 1. The first-order valence-electron chi connectivity index (χ1n) is 7.03. The Labute approximate surface area is 121 Å². The first kappa shape index (κ1) is 16.3. The van der Waals surface area contributed by atoms with Gasteiger partial charge in [-0.2, -0.15) is 0 Å². The molecule has 0 radical (unpaired) electrons. The SMILES string of the molecule is CCCC(C)COc1cc(CNC(C)C)c(Cl)cn1. The molecular weight excluding hydrogens is 260 g/mol. The zero-order valence-electron chi connectivity index (χ0n) is 12.4. The highest BCUT2D eigenvalue weighted by Crippen LogP contribution is 2.20. The molecule has 1 rings (SSSR count). The fourth-order valence-corrected chi connectivity index (χ4v) is 1.96. The van der Waals surface area contributed by atoms with Crippen molar-refractivity contribution >= 4 is 11.6 Å². The molecule has 1 unspecified atom stereocenters. The number of aromatic nitrogens is 1. The van der Waals surface area contributed by atoms with Crippen LogP contribution in [0.2, 0.25) is 5.02 Å². The van der Waals surface area contributed by atoms with Gasteiger partial charge in [-0.05, 0) is 17.9 Å². The minimum absolute atomic E-state index is 0.429. The summed E-state index contributed by atoms with van der Waals surface area (Å²) in [5.41, 5.74) is 1.03. The van der Waals surface area contributed by atoms with Crippen LogP contribution < -0.4 is 10.1 Å². The molecule has 4 heteroatoms. The molecule has 0 aromatic carbocycles. The Balaban J connectivity index is 2.57. The van der Waals surface area contributed by atoms with Crippen LogP contribution in [0, 0.1) is 5.92 Å². The highest BCUT2D eigenvalue weighted by molar-refractivity contribution is 6.31. The van der Waals surface area contributed by atoms with Crippen LogP contribution in [0.15, 0.2) is 12.3 Å². The van der Waals surface area contributed by atoms with E-state index < -0.39 is 0 Å². The maximum atomic E-state index is 6.13. The van der Waals surface area contributed by atoms with E-state index >= 15 is 0 Å². The first-order chi connectivity index (χ1) is 9.02. The number of ether oxygens (including phenoxy) is 1. The highest BCUT2D eigenvalue weighted by Gasteiger charge is 2.07. The van der Waals surface area contributed by atoms with E-state index in [2.05, 4.69) is 38.0 Å². The Bertz CT molecular complexity index is 382. The predicted octanol–water partition coefficient (Wildman–Crippen LogP) is 4.05. The molecule has 108 valence electrons. The van der Waals surface area contributed by atoms with Crippen LogP contribution in [0.5, 0.6) is 5.88 Å². The molecule has 19 heavy (non-hydrogen) atoms. The predicted molar refractivity (Wildman–Crippen MR) is 80.8 cm³/mol. The molecule has 0 aliphatic carbocycles. The van der Waals surface area contributed by atoms with E-state index in [1.54, 1.807) is 6.20 Å². The fraction of sp³-hybridized carbons (Fsp3) is 0.667. The van der Waals surface area contributed by atoms with Crippen LogP contribution in [0.3, 0.4) is 0 Å². The third-order valence-corrected chi connectivity index (χ3v) is 3.25. The Hall–Kier alpha value is -0.800. The van der Waals surface area contributed by atoms with Crippen LogP contribution in [0.25, 0.3) is 0 Å². The summed E-state index contributed by atoms with van der Waals surface area (Å²) in [5, 5.41) is 4.03. The third kappa shape index (κ3) is 6.26. The normalized spacial score (nSPS) is 12.7. The molecule has 1 aromatic heterocycles. The van der Waals surface area contributed by atoms with Gasteiger partial charge in [-0.1, -0.05) is 45.7 Å². The van der Waals surface area contributed by atoms with Gasteiger partial charge in [-0.3, -0.25) is 0 Å². The smallest absolute Gasteiger partial charge is 0.213 e. The molecule has 1 heterocycles. The number of rotatable bonds is 8. The van der Waals surface area contributed by atoms with Gasteiger partial charge in [0.1, 0.15) is 0 Å². The molecule has 3 nitrogen and oxygen atoms in total. The van der Waals surface area contributed by atoms with Crippen molar-refractivity contribution in [3.63, 3.8) is 0 Å². The van der Waals surface area contributed by atoms with Gasteiger partial charge in [-0.25, -0.2) is 4.98 Å². The van der Waals surface area contributed by atoms with Crippen molar-refractivity contribution in [3.05, 3.63) is 22.8 Å². The van der Waals surface area contributed by atoms with E-state index in [9.17, 15) is 0 Å². The monoisotopic (exact) mass is 284 g/mol. The molecule has 1 aromatic rings. The summed E-state index contributed by atoms with van der Waals surface area (Å²) in [7, 11) is 0. The molecule has 1 atom stereocenters. The van der Waals surface area contributed by atoms with E-state index in [1.165, 1.54) is 12.8 Å². The van der Waals surface area contributed by atoms with Crippen molar-refractivity contribution < 1.29 is 4.74 Å². The Kier molecular flexibility index (Phi) is 7.17. The van der Waals surface area contributed by atoms with Gasteiger partial charge in [0, 0.05) is 24.8 Å². The van der Waals surface area contributed by atoms with Gasteiger partial charge < -0.3 is 10.1 Å². The van der Waals surface area contributed by atoms with Crippen molar-refractivity contribution in [1.29, 1.82) is 0 Å². The summed E-state index contributed by atoms with van der Waals surface area (Å²) in [5.74, 6) is 1.22. The van der Waals surface area contributed by atoms with Crippen molar-refractivity contribution in [1.82, 2.24) is 10.3 Å². The average Bonchev–Trinajstić information content (AvgIpc) is 2.36. The lowest BCUT2D eigenvalue weighted by Crippen LogP contribution is -2.22. The lowest BCUT2D eigenvalue weighted by molar-refractivity contribution is 0.243. The van der Waals surface area contributed by atoms with Gasteiger partial charge in [0.2, 0.25) is 5.88 Å². The van der Waals surface area contributed by atoms with Crippen molar-refractivity contribution in [2.75, 3.05) is 6.61 Å². The number of halogens is 1. The zero-order chi connectivity index (χ0) is 14.3. The second kappa shape index (κ2) is 8.39. The standard InChI is InChI=1S/C15H25ClN2O/c1-5-6-12(4)10-19-15-7-13(8-17-11(2)3)14(16)9-18-15/h7,9,11-12,17H,5-6,8,10H2,1-4H3. The summed E-state index contributed by atoms with van der Waals surface area (Å²) in [4.78, 5) is 4.22. The number of hydrogen-bond acceptors (Lipinski definition) is 3. The molecule has 0 aliphatic rings. The lowest BCUT2D eigenvalue weighted by atomic mass is 10.1. The van der Waals surface area contributed by atoms with Crippen molar-refractivity contribution in [3.8, 4) is 5.88 Å². The van der Waals surface area contributed by atoms with Crippen LogP contribution in [0.1, 0.15) is 46.1 Å². The van der Waals surface area contributed by atoms with Gasteiger partial charge >= 0.3 is 0 Å². The van der Waals surface area contributed by atoms with Crippen molar-refractivity contribution in [2.45, 2.75) is 53.1 Å². The summed E-state index contributed by atoms with van der Waals surface area (Å²) < 4.78 is 5.73. The third-order valence-electron chi connectivity index (χ3n) is 2.91. The van der Waals surface area contributed by atoms with Crippen LogP contribution in [-0.2, 0) is 6.54 Å². The minimum Gasteiger partial charge on any atom is -0.477 e. The minimum atomic E-state index is 0.429. The molecule has 0 bridgehead atoms. The Morgan fingerprint density at radius 3 is 2.74 bits per heavy atom. The lowest BCUT2D eigenvalue weighted by Gasteiger charge is -2.13. The van der Waals surface area contributed by atoms with E-state index in [0.717, 1.165) is 12.1 Å². The van der Waals surface area contributed by atoms with E-state index in [-0.39, 0.29) is 0 Å². The quantitative estimate of drug-likeness (QED) is 0.782. The molecule has 0 saturated carbocycles. The number of nitrogens with one attached hydrogen (secondary N) is 1. The molecule has 0 aliphatic heterocycles. The van der Waals surface area contributed by atoms with Crippen molar-refractivity contribution in [2.24, 2.45) is 5.92 Å². The first-order valence-corrected chi connectivity index (χ1v) is 7.41. The Morgan fingerprint density at radius 1 is 1.37 bits per heavy atom. The summed E-state index contributed by atoms with van der Waals surface area (Å²) in [6.07, 6.45) is 4.02. The topological polar surface area (TPSA) is 34.1 Å². The van der Waals surface area contributed by atoms with Gasteiger partial charge in [0.05, 0.1) is 11.6 Å². The van der Waals surface area contributed by atoms with Gasteiger partial charge in [-0.15, -0.1) is 0 Å². The Morgan fingerprint density at radius 2 is 2.11 bits per heavy atom. The summed E-state index contributed by atoms with van der Waals surface area (Å²) >= 11 is 6.13. The van der Waals surface area contributed by atoms with E-state index in [4.69, 9.17) is 16.3 Å². The summed E-state index contributed by atoms with van der Waals surface area (Å²) in [6.45, 7) is 10.0. The number of hydrogen-bond donors (Lipinski definition) is 1. The molecule has 0 saturated heterocycles. The molecule has 1 N–H and O–H groups in total. The maximum Gasteiger partial charge on any atom is 0.213 e. The molecule has 0 spiro atoms. The average molecular weight is 285 g/mol.